The quantitative estimate of drug-likeness (QED) is 0.740. The molecule has 0 aliphatic rings. The third kappa shape index (κ3) is 7.68. The van der Waals surface area contributed by atoms with Crippen molar-refractivity contribution in [3.8, 4) is 0 Å². The predicted octanol–water partition coefficient (Wildman–Crippen LogP) is 2.19. The normalized spacial score (nSPS) is 15.9. The monoisotopic (exact) mass is 233 g/mol. The molecule has 4 heteroatoms. The van der Waals surface area contributed by atoms with Crippen LogP contribution in [-0.4, -0.2) is 28.6 Å². The van der Waals surface area contributed by atoms with Crippen molar-refractivity contribution in [1.29, 1.82) is 0 Å². The Labute approximate surface area is 97.1 Å². The van der Waals surface area contributed by atoms with E-state index in [-0.39, 0.29) is 17.3 Å². The Balaban J connectivity index is 3.90. The third-order valence-corrected chi connectivity index (χ3v) is 3.14. The lowest BCUT2D eigenvalue weighted by atomic mass is 10.2. The molecule has 2 atom stereocenters. The van der Waals surface area contributed by atoms with Gasteiger partial charge in [0.2, 0.25) is 0 Å². The summed E-state index contributed by atoms with van der Waals surface area (Å²) in [5.74, 6) is 0.646. The van der Waals surface area contributed by atoms with Gasteiger partial charge in [-0.25, -0.2) is 0 Å². The maximum absolute atomic E-state index is 11.6. The highest BCUT2D eigenvalue weighted by molar-refractivity contribution is 8.00. The van der Waals surface area contributed by atoms with Crippen LogP contribution in [0.1, 0.15) is 41.0 Å². The number of hydrogen-bond acceptors (Lipinski definition) is 4. The van der Waals surface area contributed by atoms with Crippen LogP contribution in [0.15, 0.2) is 0 Å². The minimum Gasteiger partial charge on any atom is -0.459 e. The average Bonchev–Trinajstić information content (AvgIpc) is 2.10. The van der Waals surface area contributed by atoms with Gasteiger partial charge in [-0.1, -0.05) is 6.92 Å². The summed E-state index contributed by atoms with van der Waals surface area (Å²) >= 11 is 1.56. The highest BCUT2D eigenvalue weighted by Crippen LogP contribution is 2.17. The topological polar surface area (TPSA) is 52.3 Å². The molecule has 0 aromatic heterocycles. The minimum absolute atomic E-state index is 0.137. The zero-order valence-electron chi connectivity index (χ0n) is 10.4. The standard InChI is InChI=1S/C11H23NO2S/c1-6-9(12)7-15-8(2)10(13)14-11(3,4)5/h8-9H,6-7,12H2,1-5H3. The van der Waals surface area contributed by atoms with E-state index < -0.39 is 5.60 Å². The number of nitrogens with two attached hydrogens (primary N) is 1. The first kappa shape index (κ1) is 14.8. The zero-order chi connectivity index (χ0) is 12.1. The molecule has 15 heavy (non-hydrogen) atoms. The molecule has 3 nitrogen and oxygen atoms in total. The van der Waals surface area contributed by atoms with Crippen molar-refractivity contribution < 1.29 is 9.53 Å². The molecule has 0 bridgehead atoms. The molecule has 0 aromatic rings. The Morgan fingerprint density at radius 2 is 2.00 bits per heavy atom. The molecule has 0 amide bonds. The number of carbonyl (C=O) groups excluding carboxylic acids is 1. The lowest BCUT2D eigenvalue weighted by Crippen LogP contribution is -2.30. The zero-order valence-corrected chi connectivity index (χ0v) is 11.2. The highest BCUT2D eigenvalue weighted by atomic mass is 32.2. The van der Waals surface area contributed by atoms with E-state index in [4.69, 9.17) is 10.5 Å². The van der Waals surface area contributed by atoms with Gasteiger partial charge in [0.05, 0.1) is 5.25 Å². The predicted molar refractivity (Wildman–Crippen MR) is 66.0 cm³/mol. The molecule has 0 spiro atoms. The van der Waals surface area contributed by atoms with Gasteiger partial charge in [-0.2, -0.15) is 0 Å². The first-order valence-electron chi connectivity index (χ1n) is 5.36. The maximum atomic E-state index is 11.6. The van der Waals surface area contributed by atoms with Crippen molar-refractivity contribution in [3.05, 3.63) is 0 Å². The van der Waals surface area contributed by atoms with E-state index in [2.05, 4.69) is 0 Å². The van der Waals surface area contributed by atoms with E-state index in [0.29, 0.717) is 0 Å². The third-order valence-electron chi connectivity index (χ3n) is 1.82. The van der Waals surface area contributed by atoms with E-state index in [1.807, 2.05) is 34.6 Å². The molecule has 0 heterocycles. The summed E-state index contributed by atoms with van der Waals surface area (Å²) in [6.45, 7) is 9.53. The van der Waals surface area contributed by atoms with E-state index >= 15 is 0 Å². The van der Waals surface area contributed by atoms with Crippen LogP contribution in [-0.2, 0) is 9.53 Å². The SMILES string of the molecule is CCC(N)CSC(C)C(=O)OC(C)(C)C. The smallest absolute Gasteiger partial charge is 0.319 e. The second-order valence-corrected chi connectivity index (χ2v) is 6.05. The first-order chi connectivity index (χ1) is 6.76. The van der Waals surface area contributed by atoms with Crippen LogP contribution in [0, 0.1) is 0 Å². The van der Waals surface area contributed by atoms with Gasteiger partial charge in [-0.3, -0.25) is 4.79 Å². The average molecular weight is 233 g/mol. The van der Waals surface area contributed by atoms with Crippen LogP contribution >= 0.6 is 11.8 Å². The van der Waals surface area contributed by atoms with Crippen molar-refractivity contribution in [2.75, 3.05) is 5.75 Å². The summed E-state index contributed by atoms with van der Waals surface area (Å²) in [5.41, 5.74) is 5.37. The van der Waals surface area contributed by atoms with Gasteiger partial charge in [-0.05, 0) is 34.1 Å². The molecule has 0 saturated carbocycles. The van der Waals surface area contributed by atoms with Crippen molar-refractivity contribution >= 4 is 17.7 Å². The molecule has 0 aliphatic carbocycles. The highest BCUT2D eigenvalue weighted by Gasteiger charge is 2.22. The second kappa shape index (κ2) is 6.38. The van der Waals surface area contributed by atoms with Gasteiger partial charge in [-0.15, -0.1) is 11.8 Å². The Morgan fingerprint density at radius 1 is 1.47 bits per heavy atom. The van der Waals surface area contributed by atoms with Gasteiger partial charge in [0.1, 0.15) is 5.60 Å². The van der Waals surface area contributed by atoms with E-state index in [1.165, 1.54) is 0 Å². The van der Waals surface area contributed by atoms with Gasteiger partial charge in [0.15, 0.2) is 0 Å². The van der Waals surface area contributed by atoms with Crippen LogP contribution in [0.4, 0.5) is 0 Å². The summed E-state index contributed by atoms with van der Waals surface area (Å²) in [7, 11) is 0. The summed E-state index contributed by atoms with van der Waals surface area (Å²) in [6.07, 6.45) is 0.939. The summed E-state index contributed by atoms with van der Waals surface area (Å²) in [6, 6.07) is 0.167. The largest absolute Gasteiger partial charge is 0.459 e. The molecule has 0 saturated heterocycles. The van der Waals surface area contributed by atoms with Gasteiger partial charge in [0.25, 0.3) is 0 Å². The van der Waals surface area contributed by atoms with Crippen molar-refractivity contribution in [2.45, 2.75) is 57.9 Å². The van der Waals surface area contributed by atoms with Crippen LogP contribution in [0.2, 0.25) is 0 Å². The van der Waals surface area contributed by atoms with Crippen LogP contribution in [0.5, 0.6) is 0 Å². The van der Waals surface area contributed by atoms with Crippen molar-refractivity contribution in [1.82, 2.24) is 0 Å². The summed E-state index contributed by atoms with van der Waals surface area (Å²) in [5, 5.41) is -0.137. The number of esters is 1. The van der Waals surface area contributed by atoms with Crippen LogP contribution in [0.25, 0.3) is 0 Å². The number of hydrogen-bond donors (Lipinski definition) is 1. The second-order valence-electron chi connectivity index (χ2n) is 4.68. The molecule has 0 aliphatic heterocycles. The molecule has 90 valence electrons. The lowest BCUT2D eigenvalue weighted by Gasteiger charge is -2.22. The first-order valence-corrected chi connectivity index (χ1v) is 6.41. The van der Waals surface area contributed by atoms with E-state index in [9.17, 15) is 4.79 Å². The van der Waals surface area contributed by atoms with E-state index in [0.717, 1.165) is 12.2 Å². The van der Waals surface area contributed by atoms with Crippen molar-refractivity contribution in [2.24, 2.45) is 5.73 Å². The molecule has 2 N–H and O–H groups in total. The molecule has 2 unspecified atom stereocenters. The van der Waals surface area contributed by atoms with Gasteiger partial charge in [0, 0.05) is 11.8 Å². The summed E-state index contributed by atoms with van der Waals surface area (Å²) < 4.78 is 5.26. The Hall–Kier alpha value is -0.220. The van der Waals surface area contributed by atoms with Crippen LogP contribution in [0.3, 0.4) is 0 Å². The maximum Gasteiger partial charge on any atom is 0.319 e. The number of thioether (sulfide) groups is 1. The molecular formula is C11H23NO2S. The van der Waals surface area contributed by atoms with E-state index in [1.54, 1.807) is 11.8 Å². The molecule has 0 fully saturated rings. The Kier molecular flexibility index (Phi) is 6.29. The Bertz CT molecular complexity index is 201. The number of carbonyl (C=O) groups is 1. The molecule has 0 radical (unpaired) electrons. The van der Waals surface area contributed by atoms with Crippen LogP contribution < -0.4 is 5.73 Å². The fraction of sp³-hybridized carbons (Fsp3) is 0.909. The number of rotatable bonds is 5. The number of ether oxygens (including phenoxy) is 1. The lowest BCUT2D eigenvalue weighted by molar-refractivity contribution is -0.153. The van der Waals surface area contributed by atoms with Gasteiger partial charge < -0.3 is 10.5 Å². The van der Waals surface area contributed by atoms with Crippen molar-refractivity contribution in [3.63, 3.8) is 0 Å². The fourth-order valence-electron chi connectivity index (χ4n) is 0.839. The fourth-order valence-corrected chi connectivity index (χ4v) is 1.79. The Morgan fingerprint density at radius 3 is 2.40 bits per heavy atom. The molecule has 0 aromatic carbocycles. The van der Waals surface area contributed by atoms with Gasteiger partial charge >= 0.3 is 5.97 Å². The molecular weight excluding hydrogens is 210 g/mol. The summed E-state index contributed by atoms with van der Waals surface area (Å²) in [4.78, 5) is 11.6. The molecule has 0 rings (SSSR count). The minimum atomic E-state index is -0.404.